The molecule has 1 N–H and O–H groups in total. The van der Waals surface area contributed by atoms with Crippen LogP contribution in [0.3, 0.4) is 0 Å². The molecule has 2 aliphatic rings. The number of hydrogen-bond acceptors (Lipinski definition) is 7. The second kappa shape index (κ2) is 10.9. The van der Waals surface area contributed by atoms with Crippen LogP contribution >= 0.6 is 23.2 Å². The molecule has 186 valence electrons. The van der Waals surface area contributed by atoms with Crippen LogP contribution in [0.5, 0.6) is 11.5 Å². The van der Waals surface area contributed by atoms with Crippen LogP contribution in [-0.2, 0) is 14.3 Å². The molecule has 0 radical (unpaired) electrons. The highest BCUT2D eigenvalue weighted by molar-refractivity contribution is 6.46. The smallest absolute Gasteiger partial charge is 0.295 e. The summed E-state index contributed by atoms with van der Waals surface area (Å²) in [5.74, 6) is -0.916. The highest BCUT2D eigenvalue weighted by Gasteiger charge is 2.46. The van der Waals surface area contributed by atoms with Gasteiger partial charge in [0.05, 0.1) is 49.1 Å². The Morgan fingerprint density at radius 1 is 1.00 bits per heavy atom. The number of aliphatic hydroxyl groups excluding tert-OH is 1. The summed E-state index contributed by atoms with van der Waals surface area (Å²) in [6.45, 7) is 3.57. The van der Waals surface area contributed by atoms with Crippen LogP contribution < -0.4 is 9.47 Å². The summed E-state index contributed by atoms with van der Waals surface area (Å²) in [5.41, 5.74) is 0.865. The van der Waals surface area contributed by atoms with Gasteiger partial charge in [0, 0.05) is 31.7 Å². The molecule has 0 spiro atoms. The summed E-state index contributed by atoms with van der Waals surface area (Å²) in [6, 6.07) is 8.87. The zero-order chi connectivity index (χ0) is 25.1. The summed E-state index contributed by atoms with van der Waals surface area (Å²) in [7, 11) is 2.98. The zero-order valence-corrected chi connectivity index (χ0v) is 20.9. The lowest BCUT2D eigenvalue weighted by Gasteiger charge is -2.31. The monoisotopic (exact) mass is 520 g/mol. The SMILES string of the molecule is COc1ccc(/C(O)=C2\C(=O)C(=O)N(CCN3CCOCC3)[C@@H]2c2ccc(Cl)c(Cl)c2)cc1OC. The molecule has 1 atom stereocenters. The quantitative estimate of drug-likeness (QED) is 0.337. The molecule has 8 nitrogen and oxygen atoms in total. The van der Waals surface area contributed by atoms with Gasteiger partial charge in [-0.2, -0.15) is 0 Å². The number of carbonyl (C=O) groups is 2. The van der Waals surface area contributed by atoms with Gasteiger partial charge in [0.25, 0.3) is 11.7 Å². The van der Waals surface area contributed by atoms with Crippen molar-refractivity contribution in [2.24, 2.45) is 0 Å². The molecule has 4 rings (SSSR count). The van der Waals surface area contributed by atoms with Crippen molar-refractivity contribution in [3.63, 3.8) is 0 Å². The standard InChI is InChI=1S/C25H26Cl2N2O6/c1-33-19-6-4-16(14-20(19)34-2)23(30)21-22(15-3-5-17(26)18(27)13-15)29(25(32)24(21)31)8-7-28-9-11-35-12-10-28/h3-6,13-14,22,30H,7-12H2,1-2H3/b23-21+/t22-/m1/s1. The minimum absolute atomic E-state index is 0.0254. The van der Waals surface area contributed by atoms with Crippen molar-refractivity contribution in [1.82, 2.24) is 9.80 Å². The minimum atomic E-state index is -0.834. The fraction of sp³-hybridized carbons (Fsp3) is 0.360. The number of hydrogen-bond donors (Lipinski definition) is 1. The molecule has 2 aromatic rings. The number of methoxy groups -OCH3 is 2. The predicted molar refractivity (Wildman–Crippen MR) is 132 cm³/mol. The van der Waals surface area contributed by atoms with Crippen molar-refractivity contribution in [3.8, 4) is 11.5 Å². The van der Waals surface area contributed by atoms with Crippen LogP contribution in [0.4, 0.5) is 0 Å². The first kappa shape index (κ1) is 25.3. The third-order valence-corrected chi connectivity index (χ3v) is 6.96. The Morgan fingerprint density at radius 2 is 1.71 bits per heavy atom. The Hall–Kier alpha value is -2.78. The van der Waals surface area contributed by atoms with E-state index in [4.69, 9.17) is 37.4 Å². The van der Waals surface area contributed by atoms with Gasteiger partial charge < -0.3 is 24.2 Å². The maximum Gasteiger partial charge on any atom is 0.295 e. The number of amides is 1. The number of ketones is 1. The van der Waals surface area contributed by atoms with Gasteiger partial charge in [-0.05, 0) is 35.9 Å². The van der Waals surface area contributed by atoms with Crippen molar-refractivity contribution >= 4 is 40.7 Å². The Balaban J connectivity index is 1.78. The van der Waals surface area contributed by atoms with E-state index in [1.807, 2.05) is 0 Å². The number of nitrogens with zero attached hydrogens (tertiary/aromatic N) is 2. The fourth-order valence-electron chi connectivity index (χ4n) is 4.35. The topological polar surface area (TPSA) is 88.5 Å². The number of benzene rings is 2. The molecule has 0 unspecified atom stereocenters. The van der Waals surface area contributed by atoms with E-state index in [0.717, 1.165) is 13.1 Å². The molecule has 2 heterocycles. The van der Waals surface area contributed by atoms with Crippen LogP contribution in [0.15, 0.2) is 42.0 Å². The van der Waals surface area contributed by atoms with Gasteiger partial charge in [0.15, 0.2) is 11.5 Å². The average Bonchev–Trinajstić information content (AvgIpc) is 3.13. The normalized spacial score (nSPS) is 20.3. The van der Waals surface area contributed by atoms with Gasteiger partial charge >= 0.3 is 0 Å². The summed E-state index contributed by atoms with van der Waals surface area (Å²) >= 11 is 12.4. The molecular weight excluding hydrogens is 495 g/mol. The number of halogens is 2. The Labute approximate surface area is 213 Å². The van der Waals surface area contributed by atoms with Gasteiger partial charge in [-0.25, -0.2) is 0 Å². The van der Waals surface area contributed by atoms with Crippen molar-refractivity contribution < 1.29 is 28.9 Å². The van der Waals surface area contributed by atoms with Gasteiger partial charge in [-0.3, -0.25) is 14.5 Å². The van der Waals surface area contributed by atoms with E-state index in [1.54, 1.807) is 36.4 Å². The molecule has 2 fully saturated rings. The van der Waals surface area contributed by atoms with E-state index in [9.17, 15) is 14.7 Å². The average molecular weight is 521 g/mol. The van der Waals surface area contributed by atoms with E-state index in [1.165, 1.54) is 19.1 Å². The fourth-order valence-corrected chi connectivity index (χ4v) is 4.66. The maximum atomic E-state index is 13.2. The van der Waals surface area contributed by atoms with Crippen molar-refractivity contribution in [2.75, 3.05) is 53.6 Å². The molecule has 0 aliphatic carbocycles. The van der Waals surface area contributed by atoms with Gasteiger partial charge in [0.1, 0.15) is 5.76 Å². The van der Waals surface area contributed by atoms with Crippen LogP contribution in [0, 0.1) is 0 Å². The highest BCUT2D eigenvalue weighted by Crippen LogP contribution is 2.41. The number of Topliss-reactive ketones (excluding diaryl/α,β-unsaturated/α-hetero) is 1. The Kier molecular flexibility index (Phi) is 7.86. The first-order valence-electron chi connectivity index (χ1n) is 11.1. The number of likely N-dealkylation sites (tertiary alicyclic amines) is 1. The van der Waals surface area contributed by atoms with Crippen molar-refractivity contribution in [3.05, 3.63) is 63.1 Å². The Bertz CT molecular complexity index is 1160. The van der Waals surface area contributed by atoms with Crippen LogP contribution in [0.2, 0.25) is 10.0 Å². The zero-order valence-electron chi connectivity index (χ0n) is 19.4. The molecule has 0 bridgehead atoms. The van der Waals surface area contributed by atoms with E-state index in [-0.39, 0.29) is 22.9 Å². The van der Waals surface area contributed by atoms with Gasteiger partial charge in [-0.15, -0.1) is 0 Å². The lowest BCUT2D eigenvalue weighted by molar-refractivity contribution is -0.140. The van der Waals surface area contributed by atoms with Crippen LogP contribution in [0.1, 0.15) is 17.2 Å². The molecule has 0 aromatic heterocycles. The minimum Gasteiger partial charge on any atom is -0.507 e. The largest absolute Gasteiger partial charge is 0.507 e. The van der Waals surface area contributed by atoms with E-state index >= 15 is 0 Å². The Morgan fingerprint density at radius 3 is 2.37 bits per heavy atom. The highest BCUT2D eigenvalue weighted by atomic mass is 35.5. The molecule has 2 aromatic carbocycles. The number of aliphatic hydroxyl groups is 1. The molecule has 0 saturated carbocycles. The summed E-state index contributed by atoms with van der Waals surface area (Å²) in [4.78, 5) is 30.1. The van der Waals surface area contributed by atoms with E-state index in [0.29, 0.717) is 47.4 Å². The second-order valence-corrected chi connectivity index (χ2v) is 9.00. The maximum absolute atomic E-state index is 13.2. The van der Waals surface area contributed by atoms with Crippen molar-refractivity contribution in [1.29, 1.82) is 0 Å². The van der Waals surface area contributed by atoms with E-state index < -0.39 is 17.7 Å². The third-order valence-electron chi connectivity index (χ3n) is 6.22. The molecule has 35 heavy (non-hydrogen) atoms. The second-order valence-electron chi connectivity index (χ2n) is 8.19. The summed E-state index contributed by atoms with van der Waals surface area (Å²) in [5, 5.41) is 11.9. The summed E-state index contributed by atoms with van der Waals surface area (Å²) in [6.07, 6.45) is 0. The number of rotatable bonds is 7. The molecule has 1 amide bonds. The number of ether oxygens (including phenoxy) is 3. The summed E-state index contributed by atoms with van der Waals surface area (Å²) < 4.78 is 16.0. The van der Waals surface area contributed by atoms with Gasteiger partial charge in [-0.1, -0.05) is 29.3 Å². The lowest BCUT2D eigenvalue weighted by atomic mass is 9.95. The molecule has 2 aliphatic heterocycles. The number of carbonyl (C=O) groups excluding carboxylic acids is 2. The first-order chi connectivity index (χ1) is 16.8. The molecular formula is C25H26Cl2N2O6. The van der Waals surface area contributed by atoms with Crippen LogP contribution in [-0.4, -0.2) is 80.2 Å². The third kappa shape index (κ3) is 5.11. The number of morpholine rings is 1. The first-order valence-corrected chi connectivity index (χ1v) is 11.9. The van der Waals surface area contributed by atoms with Crippen LogP contribution in [0.25, 0.3) is 5.76 Å². The van der Waals surface area contributed by atoms with Crippen molar-refractivity contribution in [2.45, 2.75) is 6.04 Å². The molecule has 10 heteroatoms. The molecule has 2 saturated heterocycles. The van der Waals surface area contributed by atoms with Gasteiger partial charge in [0.2, 0.25) is 0 Å². The predicted octanol–water partition coefficient (Wildman–Crippen LogP) is 3.76. The van der Waals surface area contributed by atoms with E-state index in [2.05, 4.69) is 4.90 Å². The lowest BCUT2D eigenvalue weighted by Crippen LogP contribution is -2.42.